The molecule has 0 amide bonds. The van der Waals surface area contributed by atoms with Crippen molar-refractivity contribution in [1.82, 2.24) is 4.90 Å². The zero-order valence-corrected chi connectivity index (χ0v) is 16.1. The number of fused-ring (bicyclic) bond motifs is 1. The number of hydrogen-bond acceptors (Lipinski definition) is 4. The van der Waals surface area contributed by atoms with E-state index in [-0.39, 0.29) is 5.41 Å². The average Bonchev–Trinajstić information content (AvgIpc) is 3.07. The summed E-state index contributed by atoms with van der Waals surface area (Å²) in [6, 6.07) is 15.2. The third-order valence-electron chi connectivity index (χ3n) is 4.75. The van der Waals surface area contributed by atoms with Gasteiger partial charge in [-0.2, -0.15) is 0 Å². The molecule has 0 saturated heterocycles. The first-order chi connectivity index (χ1) is 12.5. The molecule has 0 radical (unpaired) electrons. The van der Waals surface area contributed by atoms with Gasteiger partial charge < -0.3 is 15.2 Å². The van der Waals surface area contributed by atoms with Crippen LogP contribution in [0.2, 0.25) is 0 Å². The maximum atomic E-state index is 5.74. The van der Waals surface area contributed by atoms with Crippen molar-refractivity contribution in [3.63, 3.8) is 0 Å². The Bertz CT molecular complexity index is 720. The molecule has 0 aliphatic carbocycles. The highest BCUT2D eigenvalue weighted by Gasteiger charge is 2.16. The smallest absolute Gasteiger partial charge is 0.231 e. The number of rotatable bonds is 7. The van der Waals surface area contributed by atoms with Gasteiger partial charge in [-0.3, -0.25) is 4.90 Å². The lowest BCUT2D eigenvalue weighted by Gasteiger charge is -2.24. The lowest BCUT2D eigenvalue weighted by atomic mass is 9.87. The van der Waals surface area contributed by atoms with Crippen molar-refractivity contribution in [2.45, 2.75) is 45.7 Å². The van der Waals surface area contributed by atoms with E-state index < -0.39 is 0 Å². The number of hydrogen-bond donors (Lipinski definition) is 1. The van der Waals surface area contributed by atoms with Gasteiger partial charge in [0.05, 0.1) is 0 Å². The predicted octanol–water partition coefficient (Wildman–Crippen LogP) is 4.06. The summed E-state index contributed by atoms with van der Waals surface area (Å²) >= 11 is 0. The minimum Gasteiger partial charge on any atom is -0.454 e. The van der Waals surface area contributed by atoms with Crippen LogP contribution in [-0.2, 0) is 18.5 Å². The topological polar surface area (TPSA) is 47.7 Å². The second kappa shape index (κ2) is 8.11. The zero-order chi connectivity index (χ0) is 18.6. The van der Waals surface area contributed by atoms with Crippen LogP contribution in [0.3, 0.4) is 0 Å². The quantitative estimate of drug-likeness (QED) is 0.814. The molecule has 2 aromatic carbocycles. The van der Waals surface area contributed by atoms with Gasteiger partial charge in [-0.15, -0.1) is 0 Å². The van der Waals surface area contributed by atoms with Crippen LogP contribution in [0, 0.1) is 0 Å². The van der Waals surface area contributed by atoms with Crippen LogP contribution in [0.1, 0.15) is 43.9 Å². The number of ether oxygens (including phenoxy) is 2. The largest absolute Gasteiger partial charge is 0.454 e. The Hall–Kier alpha value is -2.04. The first kappa shape index (κ1) is 18.7. The molecule has 4 nitrogen and oxygen atoms in total. The van der Waals surface area contributed by atoms with Crippen molar-refractivity contribution in [2.24, 2.45) is 5.73 Å². The molecule has 0 spiro atoms. The molecule has 2 aromatic rings. The lowest BCUT2D eigenvalue weighted by molar-refractivity contribution is 0.174. The zero-order valence-electron chi connectivity index (χ0n) is 16.1. The molecular weight excluding hydrogens is 324 g/mol. The summed E-state index contributed by atoms with van der Waals surface area (Å²) in [6.45, 7) is 10.5. The van der Waals surface area contributed by atoms with E-state index in [1.54, 1.807) is 0 Å². The molecule has 0 saturated carbocycles. The molecule has 1 aliphatic rings. The first-order valence-corrected chi connectivity index (χ1v) is 9.36. The van der Waals surface area contributed by atoms with Crippen molar-refractivity contribution in [2.75, 3.05) is 19.9 Å². The fourth-order valence-electron chi connectivity index (χ4n) is 3.19. The van der Waals surface area contributed by atoms with Gasteiger partial charge in [0.2, 0.25) is 6.79 Å². The SMILES string of the molecule is CC(C)(C)c1ccc(CN(CCCN)Cc2ccc3c(c2)OCO3)cc1. The van der Waals surface area contributed by atoms with Crippen LogP contribution in [0.4, 0.5) is 0 Å². The third kappa shape index (κ3) is 4.77. The predicted molar refractivity (Wildman–Crippen MR) is 105 cm³/mol. The highest BCUT2D eigenvalue weighted by Crippen LogP contribution is 2.33. The van der Waals surface area contributed by atoms with Gasteiger partial charge >= 0.3 is 0 Å². The summed E-state index contributed by atoms with van der Waals surface area (Å²) < 4.78 is 10.9. The van der Waals surface area contributed by atoms with Crippen LogP contribution < -0.4 is 15.2 Å². The molecule has 0 atom stereocenters. The molecule has 0 unspecified atom stereocenters. The highest BCUT2D eigenvalue weighted by molar-refractivity contribution is 5.44. The second-order valence-electron chi connectivity index (χ2n) is 7.99. The summed E-state index contributed by atoms with van der Waals surface area (Å²) in [7, 11) is 0. The normalized spacial score (nSPS) is 13.4. The Morgan fingerprint density at radius 1 is 0.923 bits per heavy atom. The Labute approximate surface area is 156 Å². The highest BCUT2D eigenvalue weighted by atomic mass is 16.7. The Kier molecular flexibility index (Phi) is 5.84. The molecule has 1 heterocycles. The fraction of sp³-hybridized carbons (Fsp3) is 0.455. The molecule has 3 rings (SSSR count). The maximum Gasteiger partial charge on any atom is 0.231 e. The van der Waals surface area contributed by atoms with E-state index in [9.17, 15) is 0 Å². The van der Waals surface area contributed by atoms with Crippen molar-refractivity contribution < 1.29 is 9.47 Å². The van der Waals surface area contributed by atoms with Gasteiger partial charge in [0.1, 0.15) is 0 Å². The van der Waals surface area contributed by atoms with Crippen LogP contribution in [0.15, 0.2) is 42.5 Å². The van der Waals surface area contributed by atoms with E-state index in [0.717, 1.165) is 37.6 Å². The molecule has 140 valence electrons. The Balaban J connectivity index is 1.69. The van der Waals surface area contributed by atoms with E-state index in [0.29, 0.717) is 13.3 Å². The number of benzene rings is 2. The molecule has 0 bridgehead atoms. The summed E-state index contributed by atoms with van der Waals surface area (Å²) in [5, 5.41) is 0. The summed E-state index contributed by atoms with van der Waals surface area (Å²) in [6.07, 6.45) is 0.991. The second-order valence-corrected chi connectivity index (χ2v) is 7.99. The Morgan fingerprint density at radius 2 is 1.58 bits per heavy atom. The van der Waals surface area contributed by atoms with Gasteiger partial charge in [-0.05, 0) is 47.2 Å². The maximum absolute atomic E-state index is 5.74. The van der Waals surface area contributed by atoms with E-state index in [2.05, 4.69) is 62.1 Å². The van der Waals surface area contributed by atoms with Gasteiger partial charge in [0, 0.05) is 19.6 Å². The third-order valence-corrected chi connectivity index (χ3v) is 4.75. The molecule has 2 N–H and O–H groups in total. The minimum absolute atomic E-state index is 0.185. The standard InChI is InChI=1S/C22H30N2O2/c1-22(2,3)19-8-5-17(6-9-19)14-24(12-4-11-23)15-18-7-10-20-21(13-18)26-16-25-20/h5-10,13H,4,11-12,14-16,23H2,1-3H3. The molecule has 0 aromatic heterocycles. The van der Waals surface area contributed by atoms with E-state index in [4.69, 9.17) is 15.2 Å². The fourth-order valence-corrected chi connectivity index (χ4v) is 3.19. The summed E-state index contributed by atoms with van der Waals surface area (Å²) in [5.41, 5.74) is 9.86. The first-order valence-electron chi connectivity index (χ1n) is 9.36. The number of nitrogens with two attached hydrogens (primary N) is 1. The van der Waals surface area contributed by atoms with Crippen LogP contribution >= 0.6 is 0 Å². The Morgan fingerprint density at radius 3 is 2.27 bits per heavy atom. The molecule has 1 aliphatic heterocycles. The van der Waals surface area contributed by atoms with Crippen molar-refractivity contribution in [3.05, 3.63) is 59.2 Å². The molecular formula is C22H30N2O2. The van der Waals surface area contributed by atoms with Gasteiger partial charge in [0.25, 0.3) is 0 Å². The van der Waals surface area contributed by atoms with Crippen molar-refractivity contribution in [3.8, 4) is 11.5 Å². The van der Waals surface area contributed by atoms with Gasteiger partial charge in [0.15, 0.2) is 11.5 Å². The van der Waals surface area contributed by atoms with E-state index >= 15 is 0 Å². The van der Waals surface area contributed by atoms with Crippen LogP contribution in [0.5, 0.6) is 11.5 Å². The van der Waals surface area contributed by atoms with Crippen LogP contribution in [-0.4, -0.2) is 24.8 Å². The van der Waals surface area contributed by atoms with Crippen molar-refractivity contribution >= 4 is 0 Å². The molecule has 4 heteroatoms. The number of nitrogens with zero attached hydrogens (tertiary/aromatic N) is 1. The monoisotopic (exact) mass is 354 g/mol. The molecule has 26 heavy (non-hydrogen) atoms. The summed E-state index contributed by atoms with van der Waals surface area (Å²) in [5.74, 6) is 1.68. The minimum atomic E-state index is 0.185. The lowest BCUT2D eigenvalue weighted by Crippen LogP contribution is -2.25. The van der Waals surface area contributed by atoms with Gasteiger partial charge in [-0.1, -0.05) is 51.1 Å². The van der Waals surface area contributed by atoms with Gasteiger partial charge in [-0.25, -0.2) is 0 Å². The summed E-state index contributed by atoms with van der Waals surface area (Å²) in [4.78, 5) is 2.44. The molecule has 0 fully saturated rings. The van der Waals surface area contributed by atoms with E-state index in [1.807, 2.05) is 6.07 Å². The van der Waals surface area contributed by atoms with E-state index in [1.165, 1.54) is 16.7 Å². The van der Waals surface area contributed by atoms with Crippen molar-refractivity contribution in [1.29, 1.82) is 0 Å². The van der Waals surface area contributed by atoms with Crippen LogP contribution in [0.25, 0.3) is 0 Å². The average molecular weight is 354 g/mol.